The van der Waals surface area contributed by atoms with Gasteiger partial charge in [-0.25, -0.2) is 4.98 Å². The van der Waals surface area contributed by atoms with E-state index in [-0.39, 0.29) is 0 Å². The summed E-state index contributed by atoms with van der Waals surface area (Å²) in [5, 5.41) is 8.87. The Morgan fingerprint density at radius 2 is 2.23 bits per heavy atom. The van der Waals surface area contributed by atoms with Gasteiger partial charge >= 0.3 is 0 Å². The van der Waals surface area contributed by atoms with Crippen molar-refractivity contribution in [2.75, 3.05) is 13.7 Å². The molecule has 26 heavy (non-hydrogen) atoms. The Morgan fingerprint density at radius 3 is 3.04 bits per heavy atom. The van der Waals surface area contributed by atoms with Crippen LogP contribution in [0.15, 0.2) is 30.6 Å². The van der Waals surface area contributed by atoms with E-state index in [0.717, 1.165) is 42.6 Å². The summed E-state index contributed by atoms with van der Waals surface area (Å²) in [5.41, 5.74) is 2.19. The lowest BCUT2D eigenvalue weighted by Crippen LogP contribution is -2.39. The van der Waals surface area contributed by atoms with Gasteiger partial charge in [-0.3, -0.25) is 10.00 Å². The van der Waals surface area contributed by atoms with E-state index < -0.39 is 0 Å². The largest absolute Gasteiger partial charge is 0.497 e. The van der Waals surface area contributed by atoms with Gasteiger partial charge in [-0.1, -0.05) is 6.42 Å². The van der Waals surface area contributed by atoms with Gasteiger partial charge in [0, 0.05) is 43.8 Å². The van der Waals surface area contributed by atoms with Gasteiger partial charge in [0.15, 0.2) is 0 Å². The minimum atomic E-state index is 0.601. The van der Waals surface area contributed by atoms with E-state index in [0.29, 0.717) is 6.04 Å². The second-order valence-corrected chi connectivity index (χ2v) is 7.20. The summed E-state index contributed by atoms with van der Waals surface area (Å²) in [4.78, 5) is 7.09. The van der Waals surface area contributed by atoms with Gasteiger partial charge < -0.3 is 9.30 Å². The van der Waals surface area contributed by atoms with E-state index >= 15 is 0 Å². The summed E-state index contributed by atoms with van der Waals surface area (Å²) in [6.45, 7) is 2.06. The predicted molar refractivity (Wildman–Crippen MR) is 102 cm³/mol. The Morgan fingerprint density at radius 1 is 1.31 bits per heavy atom. The normalized spacial score (nSPS) is 18.5. The van der Waals surface area contributed by atoms with Crippen LogP contribution < -0.4 is 4.74 Å². The Labute approximate surface area is 154 Å². The third-order valence-electron chi connectivity index (χ3n) is 5.57. The average Bonchev–Trinajstić information content (AvgIpc) is 3.26. The van der Waals surface area contributed by atoms with Crippen molar-refractivity contribution in [1.82, 2.24) is 24.6 Å². The van der Waals surface area contributed by atoms with E-state index in [9.17, 15) is 0 Å². The molecule has 1 aromatic carbocycles. The second-order valence-electron chi connectivity index (χ2n) is 7.20. The first-order valence-electron chi connectivity index (χ1n) is 9.46. The summed E-state index contributed by atoms with van der Waals surface area (Å²) in [7, 11) is 3.78. The first-order valence-corrected chi connectivity index (χ1v) is 9.46. The van der Waals surface area contributed by atoms with Crippen LogP contribution in [0.3, 0.4) is 0 Å². The number of ether oxygens (including phenoxy) is 1. The fraction of sp³-hybridized carbons (Fsp3) is 0.500. The minimum absolute atomic E-state index is 0.601. The molecular weight excluding hydrogens is 326 g/mol. The standard InChI is InChI=1S/C20H27N5O/c1-24-12-10-21-20(24)9-6-15-5-3-4-11-25(15)14-19-17-13-16(26-2)7-8-18(17)22-23-19/h7-8,10,12-13,15H,3-6,9,11,14H2,1-2H3,(H,22,23)/t15-/m1/s1. The zero-order valence-corrected chi connectivity index (χ0v) is 15.6. The molecule has 0 unspecified atom stereocenters. The zero-order valence-electron chi connectivity index (χ0n) is 15.6. The molecule has 0 saturated carbocycles. The fourth-order valence-corrected chi connectivity index (χ4v) is 4.02. The number of piperidine rings is 1. The molecule has 1 aliphatic rings. The molecule has 1 aliphatic heterocycles. The summed E-state index contributed by atoms with van der Waals surface area (Å²) in [5.74, 6) is 2.05. The van der Waals surface area contributed by atoms with Crippen LogP contribution in [-0.4, -0.2) is 44.3 Å². The van der Waals surface area contributed by atoms with Crippen LogP contribution in [0.1, 0.15) is 37.2 Å². The van der Waals surface area contributed by atoms with Crippen LogP contribution in [0.25, 0.3) is 10.9 Å². The van der Waals surface area contributed by atoms with Crippen LogP contribution >= 0.6 is 0 Å². The van der Waals surface area contributed by atoms with Gasteiger partial charge in [-0.15, -0.1) is 0 Å². The molecule has 138 valence electrons. The number of rotatable bonds is 6. The smallest absolute Gasteiger partial charge is 0.119 e. The lowest BCUT2D eigenvalue weighted by molar-refractivity contribution is 0.130. The van der Waals surface area contributed by atoms with Crippen molar-refractivity contribution < 1.29 is 4.74 Å². The van der Waals surface area contributed by atoms with Gasteiger partial charge in [-0.05, 0) is 44.0 Å². The molecule has 4 rings (SSSR count). The van der Waals surface area contributed by atoms with Gasteiger partial charge in [0.2, 0.25) is 0 Å². The number of hydrogen-bond acceptors (Lipinski definition) is 4. The van der Waals surface area contributed by atoms with Crippen molar-refractivity contribution in [2.24, 2.45) is 7.05 Å². The number of imidazole rings is 1. The molecule has 1 N–H and O–H groups in total. The molecule has 2 aromatic heterocycles. The van der Waals surface area contributed by atoms with Crippen LogP contribution in [-0.2, 0) is 20.0 Å². The van der Waals surface area contributed by atoms with Gasteiger partial charge in [0.1, 0.15) is 11.6 Å². The second kappa shape index (κ2) is 7.50. The third-order valence-corrected chi connectivity index (χ3v) is 5.57. The SMILES string of the molecule is COc1ccc2n[nH]c(CN3CCCC[C@@H]3CCc3nccn3C)c2c1. The van der Waals surface area contributed by atoms with Crippen molar-refractivity contribution in [3.63, 3.8) is 0 Å². The molecule has 6 nitrogen and oxygen atoms in total. The van der Waals surface area contributed by atoms with E-state index in [2.05, 4.69) is 37.8 Å². The van der Waals surface area contributed by atoms with E-state index in [1.165, 1.54) is 30.8 Å². The number of aromatic amines is 1. The topological polar surface area (TPSA) is 59.0 Å². The number of likely N-dealkylation sites (tertiary alicyclic amines) is 1. The number of H-pyrrole nitrogens is 1. The number of nitrogens with one attached hydrogen (secondary N) is 1. The van der Waals surface area contributed by atoms with Crippen molar-refractivity contribution in [3.8, 4) is 5.75 Å². The Kier molecular flexibility index (Phi) is 4.93. The molecule has 0 spiro atoms. The van der Waals surface area contributed by atoms with Gasteiger partial charge in [-0.2, -0.15) is 5.10 Å². The highest BCUT2D eigenvalue weighted by Crippen LogP contribution is 2.27. The van der Waals surface area contributed by atoms with Crippen molar-refractivity contribution in [1.29, 1.82) is 0 Å². The Balaban J connectivity index is 1.49. The molecule has 1 fully saturated rings. The highest BCUT2D eigenvalue weighted by molar-refractivity contribution is 5.82. The fourth-order valence-electron chi connectivity index (χ4n) is 4.02. The number of nitrogens with zero attached hydrogens (tertiary/aromatic N) is 4. The number of aryl methyl sites for hydroxylation is 2. The zero-order chi connectivity index (χ0) is 17.9. The molecule has 0 radical (unpaired) electrons. The summed E-state index contributed by atoms with van der Waals surface area (Å²) in [6.07, 6.45) is 9.95. The van der Waals surface area contributed by atoms with Crippen LogP contribution in [0, 0.1) is 0 Å². The van der Waals surface area contributed by atoms with Gasteiger partial charge in [0.05, 0.1) is 18.3 Å². The molecule has 0 bridgehead atoms. The number of benzene rings is 1. The maximum atomic E-state index is 5.38. The van der Waals surface area contributed by atoms with Crippen LogP contribution in [0.4, 0.5) is 0 Å². The lowest BCUT2D eigenvalue weighted by atomic mass is 9.97. The summed E-state index contributed by atoms with van der Waals surface area (Å²) < 4.78 is 7.51. The summed E-state index contributed by atoms with van der Waals surface area (Å²) in [6, 6.07) is 6.66. The Hall–Kier alpha value is -2.34. The van der Waals surface area contributed by atoms with E-state index in [4.69, 9.17) is 4.74 Å². The molecule has 1 atom stereocenters. The highest BCUT2D eigenvalue weighted by atomic mass is 16.5. The maximum absolute atomic E-state index is 5.38. The van der Waals surface area contributed by atoms with Crippen LogP contribution in [0.2, 0.25) is 0 Å². The van der Waals surface area contributed by atoms with Crippen molar-refractivity contribution >= 4 is 10.9 Å². The molecule has 0 amide bonds. The maximum Gasteiger partial charge on any atom is 0.119 e. The minimum Gasteiger partial charge on any atom is -0.497 e. The van der Waals surface area contributed by atoms with Crippen LogP contribution in [0.5, 0.6) is 5.75 Å². The first-order chi connectivity index (χ1) is 12.7. The molecule has 6 heteroatoms. The monoisotopic (exact) mass is 353 g/mol. The van der Waals surface area contributed by atoms with Gasteiger partial charge in [0.25, 0.3) is 0 Å². The quantitative estimate of drug-likeness (QED) is 0.739. The Bertz CT molecular complexity index is 868. The number of aromatic nitrogens is 4. The third kappa shape index (κ3) is 3.46. The number of fused-ring (bicyclic) bond motifs is 1. The first kappa shape index (κ1) is 17.1. The molecule has 0 aliphatic carbocycles. The molecule has 3 aromatic rings. The summed E-state index contributed by atoms with van der Waals surface area (Å²) >= 11 is 0. The highest BCUT2D eigenvalue weighted by Gasteiger charge is 2.24. The van der Waals surface area contributed by atoms with Crippen molar-refractivity contribution in [3.05, 3.63) is 42.1 Å². The van der Waals surface area contributed by atoms with E-state index in [1.54, 1.807) is 7.11 Å². The molecular formula is C20H27N5O. The average molecular weight is 353 g/mol. The molecule has 1 saturated heterocycles. The van der Waals surface area contributed by atoms with E-state index in [1.807, 2.05) is 24.5 Å². The number of methoxy groups -OCH3 is 1. The number of hydrogen-bond donors (Lipinski definition) is 1. The predicted octanol–water partition coefficient (Wildman–Crippen LogP) is 3.29. The van der Waals surface area contributed by atoms with Crippen molar-refractivity contribution in [2.45, 2.75) is 44.7 Å². The lowest BCUT2D eigenvalue weighted by Gasteiger charge is -2.35. The molecule has 3 heterocycles.